The summed E-state index contributed by atoms with van der Waals surface area (Å²) in [4.78, 5) is 208. The molecule has 0 amide bonds. The lowest BCUT2D eigenvalue weighted by Gasteiger charge is -2.36. The van der Waals surface area contributed by atoms with E-state index in [0.717, 1.165) is 58.4 Å². The Kier molecular flexibility index (Phi) is 39.7. The number of phosphoric ester groups is 2. The Bertz CT molecular complexity index is 6290. The van der Waals surface area contributed by atoms with Gasteiger partial charge in [0.25, 0.3) is 37.9 Å². The summed E-state index contributed by atoms with van der Waals surface area (Å²) in [6, 6.07) is 0. The number of nitrogens with one attached hydrogen (secondary N) is 4. The Morgan fingerprint density at radius 3 is 1.04 bits per heavy atom. The SMILES string of the molecule is CC[C@H]1O[C@@H](n2cc(C)c(=O)[nH]c2=O)C[C@H]1OP([O-])(=S)OC[C@H]1O[C@@H](n2cc(C)c(=O)[nH]c2=O)C(OCCOC)[C@H]1OP(=O)([O-])OC[C@H]1O[C@@H](n2cc(C)c(N)nc2=O)C(OCCOC)[C@H]1OP(=O)([O-])OC[C@H]1O[C@@H](n2cc(C)c(N)nc2=O)C(OCCOC)[C@H]1OP(=O)([S-])OC[C@H]1O[C@@H](n2cc(C)c(=O)[nH]c2=O)C(OCCOC)[C@H]1OP([O-])(=S)OC[C@H]1O[C@@H](n2cc(C)c(=O)[nH]c2=O)C(OCCOC)[C@H]1O. The maximum atomic E-state index is 15.5. The van der Waals surface area contributed by atoms with Crippen LogP contribution in [0.3, 0.4) is 0 Å². The molecule has 6 aromatic rings. The van der Waals surface area contributed by atoms with Crippen molar-refractivity contribution in [3.8, 4) is 0 Å². The third kappa shape index (κ3) is 28.2. The number of ether oxygens (including phenoxy) is 16. The van der Waals surface area contributed by atoms with E-state index >= 15 is 14.0 Å². The molecule has 10 unspecified atom stereocenters. The van der Waals surface area contributed by atoms with Crippen LogP contribution in [-0.4, -0.2) is 301 Å². The summed E-state index contributed by atoms with van der Waals surface area (Å²) in [5, 5.41) is 11.7. The molecule has 12 heterocycles. The highest BCUT2D eigenvalue weighted by atomic mass is 32.7. The summed E-state index contributed by atoms with van der Waals surface area (Å²) in [6.45, 7) is -14.1. The summed E-state index contributed by atoms with van der Waals surface area (Å²) in [7, 11) is -5.95. The van der Waals surface area contributed by atoms with Gasteiger partial charge in [-0.25, -0.2) is 28.8 Å². The van der Waals surface area contributed by atoms with Crippen molar-refractivity contribution in [3.63, 3.8) is 0 Å². The zero-order chi connectivity index (χ0) is 104. The number of aromatic amines is 4. The largest absolute Gasteiger partial charge is 0.780 e. The number of H-pyrrole nitrogens is 4. The van der Waals surface area contributed by atoms with Crippen LogP contribution in [0.15, 0.2) is 85.1 Å². The fourth-order valence-corrected chi connectivity index (χ4v) is 22.0. The average Bonchev–Trinajstić information content (AvgIpc) is 1.62. The highest BCUT2D eigenvalue weighted by Crippen LogP contribution is 2.56. The topological polar surface area (TPSA) is 745 Å². The van der Waals surface area contributed by atoms with Crippen LogP contribution in [0, 0.1) is 41.5 Å². The molecule has 0 saturated carbocycles. The Balaban J connectivity index is 0.844. The van der Waals surface area contributed by atoms with E-state index in [9.17, 15) is 72.3 Å². The van der Waals surface area contributed by atoms with Crippen LogP contribution in [0.2, 0.25) is 0 Å². The van der Waals surface area contributed by atoms with Gasteiger partial charge in [0.15, 0.2) is 37.9 Å². The highest BCUT2D eigenvalue weighted by Gasteiger charge is 2.57. The molecule has 28 atom stereocenters. The number of aliphatic hydroxyl groups excluding tert-OH is 1. The molecular formula is C76H108N14O44P5S3-5. The number of nitrogens with zero attached hydrogens (tertiary/aromatic N) is 8. The van der Waals surface area contributed by atoms with Gasteiger partial charge in [0.2, 0.25) is 0 Å². The first kappa shape index (κ1) is 114. The van der Waals surface area contributed by atoms with E-state index < -0.39 is 286 Å². The Morgan fingerprint density at radius 2 is 0.676 bits per heavy atom. The van der Waals surface area contributed by atoms with Crippen LogP contribution in [0.1, 0.15) is 90.5 Å². The Morgan fingerprint density at radius 1 is 0.387 bits per heavy atom. The van der Waals surface area contributed by atoms with Crippen LogP contribution in [0.25, 0.3) is 0 Å². The van der Waals surface area contributed by atoms with Crippen LogP contribution in [0.5, 0.6) is 0 Å². The van der Waals surface area contributed by atoms with Crippen molar-refractivity contribution in [1.29, 1.82) is 0 Å². The van der Waals surface area contributed by atoms with Gasteiger partial charge in [-0.05, 0) is 48.0 Å². The van der Waals surface area contributed by atoms with Crippen molar-refractivity contribution in [2.45, 2.75) is 202 Å². The van der Waals surface area contributed by atoms with Gasteiger partial charge in [0.1, 0.15) is 123 Å². The van der Waals surface area contributed by atoms with Gasteiger partial charge in [0.05, 0.1) is 111 Å². The summed E-state index contributed by atoms with van der Waals surface area (Å²) >= 11 is 16.5. The number of methoxy groups -OCH3 is 5. The van der Waals surface area contributed by atoms with Gasteiger partial charge >= 0.3 is 34.1 Å². The minimum absolute atomic E-state index is 0.0141. The molecule has 0 spiro atoms. The number of hydrogen-bond donors (Lipinski definition) is 7. The van der Waals surface area contributed by atoms with Gasteiger partial charge in [-0.2, -0.15) is 9.97 Å². The lowest BCUT2D eigenvalue weighted by molar-refractivity contribution is -0.241. The van der Waals surface area contributed by atoms with E-state index in [0.29, 0.717) is 0 Å². The van der Waals surface area contributed by atoms with Crippen LogP contribution in [-0.2, 0) is 171 Å². The molecule has 142 heavy (non-hydrogen) atoms. The van der Waals surface area contributed by atoms with Crippen molar-refractivity contribution in [3.05, 3.63) is 175 Å². The van der Waals surface area contributed by atoms with Gasteiger partial charge in [-0.15, -0.1) is 0 Å². The normalized spacial score (nSPS) is 29.4. The maximum absolute atomic E-state index is 15.5. The quantitative estimate of drug-likeness (QED) is 0.0107. The number of aliphatic hydroxyl groups is 1. The smallest absolute Gasteiger partial charge is 0.351 e. The number of anilines is 2. The first-order valence-electron chi connectivity index (χ1n) is 43.5. The molecule has 794 valence electrons. The number of rotatable bonds is 52. The second-order valence-electron chi connectivity index (χ2n) is 32.8. The second kappa shape index (κ2) is 49.5. The molecule has 6 aliphatic heterocycles. The molecule has 0 bridgehead atoms. The zero-order valence-electron chi connectivity index (χ0n) is 78.0. The number of nitrogen functional groups attached to an aromatic ring is 2. The molecule has 6 aliphatic rings. The maximum Gasteiger partial charge on any atom is 0.351 e. The Labute approximate surface area is 819 Å². The van der Waals surface area contributed by atoms with Crippen LogP contribution < -0.4 is 87.4 Å². The van der Waals surface area contributed by atoms with Crippen molar-refractivity contribution in [1.82, 2.24) is 57.3 Å². The number of nitrogens with two attached hydrogens (primary N) is 2. The van der Waals surface area contributed by atoms with Gasteiger partial charge in [-0.1, -0.05) is 30.5 Å². The van der Waals surface area contributed by atoms with Crippen molar-refractivity contribution in [2.75, 3.05) is 146 Å². The van der Waals surface area contributed by atoms with Crippen molar-refractivity contribution < 1.29 is 159 Å². The monoisotopic (exact) mass is 2170 g/mol. The predicted octanol–water partition coefficient (Wildman–Crippen LogP) is -4.81. The van der Waals surface area contributed by atoms with E-state index in [2.05, 4.69) is 29.9 Å². The van der Waals surface area contributed by atoms with Crippen molar-refractivity contribution >= 4 is 83.4 Å². The lowest BCUT2D eigenvalue weighted by Crippen LogP contribution is -2.43. The fraction of sp³-hybridized carbons (Fsp3) is 0.684. The lowest BCUT2D eigenvalue weighted by atomic mass is 10.1. The summed E-state index contributed by atoms with van der Waals surface area (Å²) in [6.07, 6.45) is -33.5. The Hall–Kier alpha value is -6.82. The molecule has 6 fully saturated rings. The zero-order valence-corrected chi connectivity index (χ0v) is 84.9. The minimum atomic E-state index is -6.26. The number of hydrogen-bond acceptors (Lipinski definition) is 51. The summed E-state index contributed by atoms with van der Waals surface area (Å²) in [5.41, 5.74) is 2.98. The van der Waals surface area contributed by atoms with Crippen LogP contribution >= 0.6 is 35.9 Å². The molecule has 12 rings (SSSR count). The molecular weight excluding hydrogens is 2060 g/mol. The van der Waals surface area contributed by atoms with E-state index in [1.165, 1.54) is 83.3 Å². The minimum Gasteiger partial charge on any atom is -0.780 e. The molecule has 0 aromatic carbocycles. The molecule has 9 N–H and O–H groups in total. The standard InChI is InChI=1S/C76H113N14O44P5S3/c1-13-42-43(24-49(124-42)85-27-38(4)62(92)81-73(85)98)130-137(106,140)122-34-47-52(57(116-21-16-111-10)68(128-47)89-29-40(6)64(94)83-75(89)100)132-135(102,103)119-32-45-51(56(115-20-15-110-9)67(126-45)86-25-36(2)60(77)79-71(86)96)131-136(104,105)120-33-46-53(58(117-22-17-112-11)69(127-46)87-26-37(3)61(78)80-72(87)97)133-139(108,142)123-35-48-54(59(118-23-18-113-12)70(129-48)90-30-41(7)65(95)84-76(90)101)134-138(107,141)121-31-44-50(91)55(114-19-14-109-8)66(125-44)88-28-39(5)63(93)82-74(88)99/h25-30,42-59,66-70,91H,13-24,31-35H2,1-12H3,(H,102,103)(H,104,105)(H,106,140)(H,107,141)(H,108,142)(H2,77,79,96)(H2,78,80,97)(H,81,92,98)(H,82,93,99)(H,83,94,100)(H,84,95,101)/p-5/t42-,43-,44-,45-,46-,47-,48-,49-,50+,51+,52+,53+,54+,55?,56?,57?,58?,59?,66-,67-,68-,69-,70-,137?,138?,139?/m1/s1. The predicted molar refractivity (Wildman–Crippen MR) is 485 cm³/mol. The van der Waals surface area contributed by atoms with E-state index in [-0.39, 0.29) is 104 Å². The molecule has 6 aromatic heterocycles. The second-order valence-corrected chi connectivity index (χ2v) is 43.6. The fourth-order valence-electron chi connectivity index (χ4n) is 15.8. The highest BCUT2D eigenvalue weighted by molar-refractivity contribution is 8.32. The first-order valence-corrected chi connectivity index (χ1v) is 54.0. The number of aryl methyl sites for hydroxylation is 6. The van der Waals surface area contributed by atoms with E-state index in [1.807, 2.05) is 0 Å². The molecule has 0 radical (unpaired) electrons. The van der Waals surface area contributed by atoms with E-state index in [1.54, 1.807) is 6.92 Å². The third-order valence-corrected chi connectivity index (χ3v) is 29.5. The van der Waals surface area contributed by atoms with Gasteiger partial charge < -0.3 is 169 Å². The summed E-state index contributed by atoms with van der Waals surface area (Å²) < 4.78 is 204. The average molecular weight is 2170 g/mol. The molecule has 66 heteroatoms. The first-order chi connectivity index (χ1) is 67.1. The molecule has 58 nitrogen and oxygen atoms in total. The van der Waals surface area contributed by atoms with Gasteiger partial charge in [-0.3, -0.25) is 80.2 Å². The van der Waals surface area contributed by atoms with Crippen molar-refractivity contribution in [2.24, 2.45) is 0 Å². The van der Waals surface area contributed by atoms with E-state index in [4.69, 9.17) is 168 Å². The number of aromatic nitrogens is 12. The third-order valence-electron chi connectivity index (χ3n) is 22.9. The summed E-state index contributed by atoms with van der Waals surface area (Å²) in [5.74, 6) is -0.560. The molecule has 6 saturated heterocycles. The molecule has 0 aliphatic carbocycles. The number of phosphoric acid groups is 2. The van der Waals surface area contributed by atoms with Gasteiger partial charge in [0, 0.05) is 113 Å². The van der Waals surface area contributed by atoms with Crippen LogP contribution in [0.4, 0.5) is 11.6 Å².